The predicted octanol–water partition coefficient (Wildman–Crippen LogP) is -2.24. The van der Waals surface area contributed by atoms with E-state index in [4.69, 9.17) is 28.7 Å². The first kappa shape index (κ1) is 35.7. The van der Waals surface area contributed by atoms with Crippen molar-refractivity contribution in [3.63, 3.8) is 0 Å². The molecule has 0 rings (SSSR count). The highest BCUT2D eigenvalue weighted by Gasteiger charge is 2.32. The number of carbonyl (C=O) groups is 4. The van der Waals surface area contributed by atoms with E-state index in [2.05, 4.69) is 25.9 Å². The molecule has 5 atom stereocenters. The van der Waals surface area contributed by atoms with Gasteiger partial charge in [-0.2, -0.15) is 11.8 Å². The number of guanidine groups is 2. The van der Waals surface area contributed by atoms with Crippen LogP contribution in [0.15, 0.2) is 9.98 Å². The van der Waals surface area contributed by atoms with E-state index >= 15 is 0 Å². The summed E-state index contributed by atoms with van der Waals surface area (Å²) in [4.78, 5) is 58.4. The molecule has 15 nitrogen and oxygen atoms in total. The highest BCUT2D eigenvalue weighted by molar-refractivity contribution is 7.98. The summed E-state index contributed by atoms with van der Waals surface area (Å²) in [5.41, 5.74) is 27.1. The Balaban J connectivity index is 5.42. The summed E-state index contributed by atoms with van der Waals surface area (Å²) < 4.78 is 0. The normalized spacial score (nSPS) is 14.6. The highest BCUT2D eigenvalue weighted by atomic mass is 32.2. The van der Waals surface area contributed by atoms with Crippen LogP contribution in [0.5, 0.6) is 0 Å². The second-order valence-corrected chi connectivity index (χ2v) is 10.1. The van der Waals surface area contributed by atoms with E-state index in [0.717, 1.165) is 0 Å². The van der Waals surface area contributed by atoms with Crippen molar-refractivity contribution in [3.8, 4) is 0 Å². The van der Waals surface area contributed by atoms with Crippen molar-refractivity contribution in [1.82, 2.24) is 16.0 Å². The molecule has 0 fully saturated rings. The van der Waals surface area contributed by atoms with Gasteiger partial charge in [0.25, 0.3) is 0 Å². The Labute approximate surface area is 233 Å². The zero-order chi connectivity index (χ0) is 30.0. The first-order valence-electron chi connectivity index (χ1n) is 12.8. The number of thioether (sulfide) groups is 1. The van der Waals surface area contributed by atoms with Crippen molar-refractivity contribution >= 4 is 47.4 Å². The minimum Gasteiger partial charge on any atom is -0.480 e. The van der Waals surface area contributed by atoms with Crippen LogP contribution in [0.25, 0.3) is 0 Å². The van der Waals surface area contributed by atoms with Crippen LogP contribution in [0.2, 0.25) is 0 Å². The number of nitrogens with zero attached hydrogens (tertiary/aromatic N) is 2. The quantitative estimate of drug-likeness (QED) is 0.0425. The van der Waals surface area contributed by atoms with Crippen LogP contribution in [-0.2, 0) is 19.2 Å². The average molecular weight is 575 g/mol. The van der Waals surface area contributed by atoms with Crippen LogP contribution < -0.4 is 44.6 Å². The molecule has 0 radical (unpaired) electrons. The summed E-state index contributed by atoms with van der Waals surface area (Å²) in [6.45, 7) is 4.13. The van der Waals surface area contributed by atoms with Crippen molar-refractivity contribution < 1.29 is 24.3 Å². The maximum absolute atomic E-state index is 13.2. The Bertz CT molecular complexity index is 849. The summed E-state index contributed by atoms with van der Waals surface area (Å²) >= 11 is 1.49. The van der Waals surface area contributed by atoms with E-state index in [1.807, 2.05) is 13.2 Å². The lowest BCUT2D eigenvalue weighted by atomic mass is 9.97. The molecule has 3 amide bonds. The van der Waals surface area contributed by atoms with Crippen LogP contribution >= 0.6 is 11.8 Å². The zero-order valence-corrected chi connectivity index (χ0v) is 23.8. The van der Waals surface area contributed by atoms with E-state index < -0.39 is 47.9 Å². The minimum atomic E-state index is -1.22. The number of hydrogen-bond donors (Lipinski definition) is 9. The third-order valence-corrected chi connectivity index (χ3v) is 6.55. The topological polar surface area (TPSA) is 279 Å². The highest BCUT2D eigenvalue weighted by Crippen LogP contribution is 2.11. The van der Waals surface area contributed by atoms with Gasteiger partial charge >= 0.3 is 5.97 Å². The number of aliphatic imine (C=N–C) groups is 2. The third kappa shape index (κ3) is 15.7. The summed E-state index contributed by atoms with van der Waals surface area (Å²) in [7, 11) is 0. The Kier molecular flexibility index (Phi) is 18.1. The lowest BCUT2D eigenvalue weighted by molar-refractivity contribution is -0.143. The fraction of sp³-hybridized carbons (Fsp3) is 0.739. The van der Waals surface area contributed by atoms with Gasteiger partial charge in [0.05, 0.1) is 6.04 Å². The fourth-order valence-electron chi connectivity index (χ4n) is 3.41. The number of carbonyl (C=O) groups excluding carboxylic acids is 3. The van der Waals surface area contributed by atoms with Gasteiger partial charge in [-0.25, -0.2) is 4.79 Å². The van der Waals surface area contributed by atoms with E-state index in [0.29, 0.717) is 44.4 Å². The number of aliphatic carboxylic acids is 1. The number of rotatable bonds is 20. The maximum Gasteiger partial charge on any atom is 0.326 e. The molecule has 0 aliphatic carbocycles. The number of hydrogen-bond acceptors (Lipinski definition) is 8. The molecule has 0 saturated heterocycles. The summed E-state index contributed by atoms with van der Waals surface area (Å²) in [6, 6.07) is -4.04. The number of nitrogens with two attached hydrogens (primary N) is 5. The van der Waals surface area contributed by atoms with Gasteiger partial charge in [0.15, 0.2) is 11.9 Å². The molecule has 0 aromatic carbocycles. The second kappa shape index (κ2) is 19.7. The molecular weight excluding hydrogens is 528 g/mol. The third-order valence-electron chi connectivity index (χ3n) is 5.90. The minimum absolute atomic E-state index is 0.0534. The molecule has 0 aromatic heterocycles. The molecule has 0 aromatic rings. The van der Waals surface area contributed by atoms with Crippen LogP contribution in [0.3, 0.4) is 0 Å². The van der Waals surface area contributed by atoms with Crippen LogP contribution in [0.1, 0.15) is 52.4 Å². The van der Waals surface area contributed by atoms with Gasteiger partial charge in [-0.05, 0) is 50.0 Å². The van der Waals surface area contributed by atoms with Gasteiger partial charge in [0.2, 0.25) is 17.7 Å². The number of amides is 3. The molecule has 224 valence electrons. The molecular formula is C23H46N10O5S. The van der Waals surface area contributed by atoms with Gasteiger partial charge in [0, 0.05) is 13.1 Å². The molecule has 0 aliphatic rings. The fourth-order valence-corrected chi connectivity index (χ4v) is 3.88. The van der Waals surface area contributed by atoms with Crippen LogP contribution in [-0.4, -0.2) is 90.0 Å². The molecule has 0 bridgehead atoms. The van der Waals surface area contributed by atoms with E-state index in [1.165, 1.54) is 11.8 Å². The summed E-state index contributed by atoms with van der Waals surface area (Å²) in [5.74, 6) is -2.86. The second-order valence-electron chi connectivity index (χ2n) is 9.12. The first-order valence-corrected chi connectivity index (χ1v) is 14.2. The number of carboxylic acids is 1. The van der Waals surface area contributed by atoms with Gasteiger partial charge in [0.1, 0.15) is 18.1 Å². The molecule has 0 aliphatic heterocycles. The van der Waals surface area contributed by atoms with Gasteiger partial charge in [-0.1, -0.05) is 20.3 Å². The Morgan fingerprint density at radius 2 is 1.36 bits per heavy atom. The predicted molar refractivity (Wildman–Crippen MR) is 154 cm³/mol. The summed E-state index contributed by atoms with van der Waals surface area (Å²) in [5, 5.41) is 17.4. The van der Waals surface area contributed by atoms with Gasteiger partial charge in [-0.3, -0.25) is 24.4 Å². The van der Waals surface area contributed by atoms with Crippen LogP contribution in [0, 0.1) is 5.92 Å². The molecule has 0 heterocycles. The maximum atomic E-state index is 13.2. The van der Waals surface area contributed by atoms with Gasteiger partial charge in [-0.15, -0.1) is 0 Å². The molecule has 0 spiro atoms. The number of carboxylic acid groups (broad SMARTS) is 1. The molecule has 0 saturated carbocycles. The smallest absolute Gasteiger partial charge is 0.326 e. The van der Waals surface area contributed by atoms with E-state index in [1.54, 1.807) is 6.92 Å². The van der Waals surface area contributed by atoms with Crippen molar-refractivity contribution in [2.24, 2.45) is 44.6 Å². The zero-order valence-electron chi connectivity index (χ0n) is 23.0. The average Bonchev–Trinajstić information content (AvgIpc) is 2.87. The SMILES string of the molecule is CCC(C)C(NC(=O)C(CCSC)NC(=O)C(N)CCCN=C(N)N)C(=O)NC(CCCN=C(N)N)C(=O)O. The summed E-state index contributed by atoms with van der Waals surface area (Å²) in [6.07, 6.45) is 3.88. The largest absolute Gasteiger partial charge is 0.480 e. The monoisotopic (exact) mass is 574 g/mol. The molecule has 5 unspecified atom stereocenters. The molecule has 14 N–H and O–H groups in total. The standard InChI is InChI=1S/C23H46N10O5S/c1-4-13(2)17(20(36)32-16(21(37)38)8-6-11-30-23(27)28)33-19(35)15(9-12-39-3)31-18(34)14(24)7-5-10-29-22(25)26/h13-17H,4-12,24H2,1-3H3,(H,31,34)(H,32,36)(H,33,35)(H,37,38)(H4,25,26,29)(H4,27,28,30). The van der Waals surface area contributed by atoms with Gasteiger partial charge < -0.3 is 49.7 Å². The van der Waals surface area contributed by atoms with E-state index in [9.17, 15) is 24.3 Å². The van der Waals surface area contributed by atoms with Crippen molar-refractivity contribution in [2.75, 3.05) is 25.1 Å². The Morgan fingerprint density at radius 1 is 0.821 bits per heavy atom. The molecule has 16 heteroatoms. The van der Waals surface area contributed by atoms with Crippen molar-refractivity contribution in [1.29, 1.82) is 0 Å². The van der Waals surface area contributed by atoms with Crippen LogP contribution in [0.4, 0.5) is 0 Å². The molecule has 39 heavy (non-hydrogen) atoms. The Hall–Kier alpha value is -3.27. The van der Waals surface area contributed by atoms with E-state index in [-0.39, 0.29) is 30.8 Å². The Morgan fingerprint density at radius 3 is 1.85 bits per heavy atom. The van der Waals surface area contributed by atoms with Crippen molar-refractivity contribution in [3.05, 3.63) is 0 Å². The lowest BCUT2D eigenvalue weighted by Gasteiger charge is -2.28. The van der Waals surface area contributed by atoms with Crippen molar-refractivity contribution in [2.45, 2.75) is 76.5 Å². The lowest BCUT2D eigenvalue weighted by Crippen LogP contribution is -2.58. The first-order chi connectivity index (χ1) is 18.3. The number of nitrogens with one attached hydrogen (secondary N) is 3.